The third kappa shape index (κ3) is 3.22. The van der Waals surface area contributed by atoms with Gasteiger partial charge in [0.25, 0.3) is 0 Å². The van der Waals surface area contributed by atoms with Gasteiger partial charge in [0.2, 0.25) is 0 Å². The molecule has 1 aromatic heterocycles. The Labute approximate surface area is 137 Å². The van der Waals surface area contributed by atoms with E-state index < -0.39 is 0 Å². The molecule has 2 aromatic rings. The molecule has 0 fully saturated rings. The monoisotopic (exact) mass is 316 g/mol. The molecule has 0 N–H and O–H groups in total. The zero-order valence-corrected chi connectivity index (χ0v) is 15.0. The minimum Gasteiger partial charge on any atom is -0.496 e. The molecule has 0 aliphatic carbocycles. The number of aromatic nitrogens is 2. The first-order chi connectivity index (χ1) is 10.3. The van der Waals surface area contributed by atoms with Crippen LogP contribution in [0.2, 0.25) is 0 Å². The molecule has 0 atom stereocenters. The van der Waals surface area contributed by atoms with E-state index in [-0.39, 0.29) is 0 Å². The van der Waals surface area contributed by atoms with Crippen molar-refractivity contribution in [2.24, 2.45) is 0 Å². The van der Waals surface area contributed by atoms with Crippen LogP contribution < -0.4 is 4.74 Å². The van der Waals surface area contributed by atoms with Gasteiger partial charge < -0.3 is 4.74 Å². The number of hydrogen-bond acceptors (Lipinski definition) is 3. The first kappa shape index (κ1) is 16.7. The molecule has 0 aliphatic heterocycles. The molecule has 3 nitrogen and oxygen atoms in total. The second-order valence-electron chi connectivity index (χ2n) is 6.02. The Morgan fingerprint density at radius 1 is 1.23 bits per heavy atom. The zero-order valence-electron chi connectivity index (χ0n) is 14.2. The van der Waals surface area contributed by atoms with Gasteiger partial charge in [-0.25, -0.2) is 4.68 Å². The number of ether oxygens (including phenoxy) is 1. The van der Waals surface area contributed by atoms with E-state index in [2.05, 4.69) is 39.8 Å². The lowest BCUT2D eigenvalue weighted by molar-refractivity contribution is 0.410. The Morgan fingerprint density at radius 3 is 2.50 bits per heavy atom. The minimum absolute atomic E-state index is 0.434. The fourth-order valence-corrected chi connectivity index (χ4v) is 3.02. The summed E-state index contributed by atoms with van der Waals surface area (Å²) in [7, 11) is 1.70. The molecule has 0 saturated carbocycles. The lowest BCUT2D eigenvalue weighted by Crippen LogP contribution is -2.12. The molecule has 0 radical (unpaired) electrons. The maximum Gasteiger partial charge on any atom is 0.123 e. The summed E-state index contributed by atoms with van der Waals surface area (Å²) in [6, 6.07) is 6.17. The van der Waals surface area contributed by atoms with Crippen molar-refractivity contribution >= 4 is 12.2 Å². The molecule has 4 heteroatoms. The van der Waals surface area contributed by atoms with Crippen LogP contribution in [0.15, 0.2) is 18.2 Å². The van der Waals surface area contributed by atoms with Crippen LogP contribution in [0.3, 0.4) is 0 Å². The Kier molecular flexibility index (Phi) is 5.01. The van der Waals surface area contributed by atoms with E-state index in [4.69, 9.17) is 22.1 Å². The highest BCUT2D eigenvalue weighted by Gasteiger charge is 2.11. The van der Waals surface area contributed by atoms with E-state index in [1.807, 2.05) is 17.7 Å². The number of benzene rings is 1. The number of hydrogen-bond donors (Lipinski definition) is 0. The van der Waals surface area contributed by atoms with Crippen molar-refractivity contribution in [3.63, 3.8) is 0 Å². The second-order valence-corrected chi connectivity index (χ2v) is 6.44. The smallest absolute Gasteiger partial charge is 0.123 e. The van der Waals surface area contributed by atoms with E-state index in [0.29, 0.717) is 12.5 Å². The normalized spacial score (nSPS) is 11.0. The van der Waals surface area contributed by atoms with Crippen molar-refractivity contribution in [3.05, 3.63) is 50.8 Å². The Morgan fingerprint density at radius 2 is 1.91 bits per heavy atom. The molecule has 1 heterocycles. The van der Waals surface area contributed by atoms with Gasteiger partial charge in [-0.15, -0.1) is 0 Å². The predicted molar refractivity (Wildman–Crippen MR) is 93.5 cm³/mol. The zero-order chi connectivity index (χ0) is 16.4. The van der Waals surface area contributed by atoms with Crippen LogP contribution in [0.4, 0.5) is 0 Å². The summed E-state index contributed by atoms with van der Waals surface area (Å²) in [5.41, 5.74) is 5.87. The number of nitrogens with zero attached hydrogens (tertiary/aromatic N) is 2. The summed E-state index contributed by atoms with van der Waals surface area (Å²) in [4.78, 5) is 0. The van der Waals surface area contributed by atoms with Crippen LogP contribution >= 0.6 is 12.2 Å². The van der Waals surface area contributed by atoms with Crippen LogP contribution in [-0.2, 0) is 6.54 Å². The fraction of sp³-hybridized carbons (Fsp3) is 0.444. The fourth-order valence-electron chi connectivity index (χ4n) is 2.78. The summed E-state index contributed by atoms with van der Waals surface area (Å²) >= 11 is 5.53. The molecular weight excluding hydrogens is 292 g/mol. The van der Waals surface area contributed by atoms with Crippen LogP contribution in [0, 0.1) is 25.4 Å². The first-order valence-corrected chi connectivity index (χ1v) is 7.97. The maximum atomic E-state index is 5.53. The van der Waals surface area contributed by atoms with Gasteiger partial charge in [-0.2, -0.15) is 5.10 Å². The van der Waals surface area contributed by atoms with Gasteiger partial charge in [0, 0.05) is 0 Å². The van der Waals surface area contributed by atoms with Gasteiger partial charge >= 0.3 is 0 Å². The molecule has 0 spiro atoms. The molecule has 0 amide bonds. The number of aryl methyl sites for hydroxylation is 2. The van der Waals surface area contributed by atoms with Crippen molar-refractivity contribution in [2.45, 2.75) is 47.1 Å². The lowest BCUT2D eigenvalue weighted by atomic mass is 10.0. The largest absolute Gasteiger partial charge is 0.496 e. The highest BCUT2D eigenvalue weighted by molar-refractivity contribution is 7.71. The molecular formula is C18H24N2OS. The summed E-state index contributed by atoms with van der Waals surface area (Å²) < 4.78 is 8.11. The third-order valence-electron chi connectivity index (χ3n) is 4.15. The minimum atomic E-state index is 0.434. The molecule has 118 valence electrons. The summed E-state index contributed by atoms with van der Waals surface area (Å²) in [6.45, 7) is 11.2. The van der Waals surface area contributed by atoms with Crippen molar-refractivity contribution in [3.8, 4) is 5.75 Å². The van der Waals surface area contributed by atoms with Gasteiger partial charge in [0.05, 0.1) is 19.3 Å². The van der Waals surface area contributed by atoms with E-state index >= 15 is 0 Å². The average Bonchev–Trinajstić information content (AvgIpc) is 2.46. The van der Waals surface area contributed by atoms with Gasteiger partial charge in [-0.1, -0.05) is 32.1 Å². The Hall–Kier alpha value is -1.68. The van der Waals surface area contributed by atoms with Crippen LogP contribution in [-0.4, -0.2) is 16.9 Å². The van der Waals surface area contributed by atoms with Crippen LogP contribution in [0.5, 0.6) is 5.75 Å². The van der Waals surface area contributed by atoms with Crippen molar-refractivity contribution in [1.29, 1.82) is 0 Å². The average molecular weight is 316 g/mol. The van der Waals surface area contributed by atoms with Gasteiger partial charge in [0.15, 0.2) is 0 Å². The SMILES string of the molecule is COc1ccc(C)c(Cn2nc(C)c(C(C)C)cc2=S)c1C. The molecule has 0 bridgehead atoms. The van der Waals surface area contributed by atoms with Crippen molar-refractivity contribution in [2.75, 3.05) is 7.11 Å². The number of methoxy groups -OCH3 is 1. The van der Waals surface area contributed by atoms with Crippen molar-refractivity contribution < 1.29 is 4.74 Å². The Bertz CT molecular complexity index is 747. The van der Waals surface area contributed by atoms with Gasteiger partial charge in [-0.05, 0) is 61.1 Å². The van der Waals surface area contributed by atoms with Crippen LogP contribution in [0.25, 0.3) is 0 Å². The van der Waals surface area contributed by atoms with E-state index in [1.165, 1.54) is 16.7 Å². The van der Waals surface area contributed by atoms with Crippen molar-refractivity contribution in [1.82, 2.24) is 9.78 Å². The quantitative estimate of drug-likeness (QED) is 0.764. The third-order valence-corrected chi connectivity index (χ3v) is 4.48. The van der Waals surface area contributed by atoms with Gasteiger partial charge in [0.1, 0.15) is 10.4 Å². The first-order valence-electron chi connectivity index (χ1n) is 7.56. The summed E-state index contributed by atoms with van der Waals surface area (Å²) in [6.07, 6.45) is 0. The molecule has 22 heavy (non-hydrogen) atoms. The highest BCUT2D eigenvalue weighted by atomic mass is 32.1. The molecule has 2 rings (SSSR count). The van der Waals surface area contributed by atoms with E-state index in [0.717, 1.165) is 21.6 Å². The summed E-state index contributed by atoms with van der Waals surface area (Å²) in [5, 5.41) is 4.70. The lowest BCUT2D eigenvalue weighted by Gasteiger charge is -2.17. The molecule has 0 unspecified atom stereocenters. The molecule has 1 aromatic carbocycles. The maximum absolute atomic E-state index is 5.53. The topological polar surface area (TPSA) is 27.1 Å². The number of rotatable bonds is 4. The van der Waals surface area contributed by atoms with Crippen LogP contribution in [0.1, 0.15) is 47.7 Å². The summed E-state index contributed by atoms with van der Waals surface area (Å²) in [5.74, 6) is 1.34. The predicted octanol–water partition coefficient (Wildman–Crippen LogP) is 4.72. The Balaban J connectivity index is 2.49. The van der Waals surface area contributed by atoms with Gasteiger partial charge in [-0.3, -0.25) is 0 Å². The van der Waals surface area contributed by atoms with E-state index in [9.17, 15) is 0 Å². The molecule has 0 aliphatic rings. The van der Waals surface area contributed by atoms with E-state index in [1.54, 1.807) is 7.11 Å². The molecule has 0 saturated heterocycles. The standard InChI is InChI=1S/C18H24N2OS/c1-11(2)15-9-18(22)20(19-14(15)5)10-16-12(3)7-8-17(21-6)13(16)4/h7-9,11H,10H2,1-6H3. The highest BCUT2D eigenvalue weighted by Crippen LogP contribution is 2.25. The second kappa shape index (κ2) is 6.61.